The van der Waals surface area contributed by atoms with Crippen LogP contribution in [0.15, 0.2) is 18.2 Å². The number of nitrogens with one attached hydrogen (secondary N) is 1. The van der Waals surface area contributed by atoms with Gasteiger partial charge in [-0.3, -0.25) is 25.0 Å². The standard InChI is InChI=1S/C12H15N3O6/c1-3-21-12(16)8(2)13-7-9-4-5-10(14(17)18)6-11(9)15(19)20/h4-6,8,13H,3,7H2,1-2H3. The minimum atomic E-state index is -0.703. The van der Waals surface area contributed by atoms with E-state index in [-0.39, 0.29) is 30.1 Å². The smallest absolute Gasteiger partial charge is 0.322 e. The molecule has 0 aliphatic rings. The number of ether oxygens (including phenoxy) is 1. The number of rotatable bonds is 7. The Labute approximate surface area is 120 Å². The van der Waals surface area contributed by atoms with Gasteiger partial charge in [-0.05, 0) is 19.9 Å². The number of hydrogen-bond donors (Lipinski definition) is 1. The average Bonchev–Trinajstić information content (AvgIpc) is 2.44. The number of benzene rings is 1. The van der Waals surface area contributed by atoms with Gasteiger partial charge in [0.05, 0.1) is 22.5 Å². The summed E-state index contributed by atoms with van der Waals surface area (Å²) in [4.78, 5) is 31.6. The molecule has 0 saturated carbocycles. The van der Waals surface area contributed by atoms with Gasteiger partial charge in [0, 0.05) is 18.2 Å². The Balaban J connectivity index is 2.86. The molecule has 0 fully saturated rings. The van der Waals surface area contributed by atoms with Crippen LogP contribution in [0.3, 0.4) is 0 Å². The van der Waals surface area contributed by atoms with E-state index >= 15 is 0 Å². The van der Waals surface area contributed by atoms with Crippen LogP contribution in [0, 0.1) is 20.2 Å². The number of carbonyl (C=O) groups excluding carboxylic acids is 1. The van der Waals surface area contributed by atoms with Gasteiger partial charge in [-0.15, -0.1) is 0 Å². The first-order valence-electron chi connectivity index (χ1n) is 6.18. The van der Waals surface area contributed by atoms with Crippen molar-refractivity contribution < 1.29 is 19.4 Å². The second-order valence-electron chi connectivity index (χ2n) is 4.18. The molecule has 0 aliphatic heterocycles. The zero-order valence-corrected chi connectivity index (χ0v) is 11.6. The lowest BCUT2D eigenvalue weighted by atomic mass is 10.1. The molecular formula is C12H15N3O6. The van der Waals surface area contributed by atoms with Gasteiger partial charge in [0.1, 0.15) is 6.04 Å². The monoisotopic (exact) mass is 297 g/mol. The maximum absolute atomic E-state index is 11.4. The number of nitro benzene ring substituents is 2. The Morgan fingerprint density at radius 1 is 1.33 bits per heavy atom. The summed E-state index contributed by atoms with van der Waals surface area (Å²) in [6.07, 6.45) is 0. The fourth-order valence-electron chi connectivity index (χ4n) is 1.60. The Morgan fingerprint density at radius 2 is 2.00 bits per heavy atom. The first-order valence-corrected chi connectivity index (χ1v) is 6.18. The lowest BCUT2D eigenvalue weighted by molar-refractivity contribution is -0.394. The number of nitro groups is 2. The number of non-ortho nitro benzene ring substituents is 1. The number of carbonyl (C=O) groups is 1. The van der Waals surface area contributed by atoms with Crippen LogP contribution in [0.5, 0.6) is 0 Å². The summed E-state index contributed by atoms with van der Waals surface area (Å²) >= 11 is 0. The molecular weight excluding hydrogens is 282 g/mol. The highest BCUT2D eigenvalue weighted by Gasteiger charge is 2.20. The van der Waals surface area contributed by atoms with Gasteiger partial charge in [0.15, 0.2) is 0 Å². The molecule has 1 rings (SSSR count). The largest absolute Gasteiger partial charge is 0.465 e. The summed E-state index contributed by atoms with van der Waals surface area (Å²) in [5.41, 5.74) is -0.474. The molecule has 0 bridgehead atoms. The van der Waals surface area contributed by atoms with Crippen molar-refractivity contribution in [3.8, 4) is 0 Å². The predicted molar refractivity (Wildman–Crippen MR) is 72.7 cm³/mol. The molecule has 1 aromatic carbocycles. The summed E-state index contributed by atoms with van der Waals surface area (Å²) in [7, 11) is 0. The first kappa shape index (κ1) is 16.5. The quantitative estimate of drug-likeness (QED) is 0.459. The van der Waals surface area contributed by atoms with Crippen LogP contribution in [-0.2, 0) is 16.1 Å². The lowest BCUT2D eigenvalue weighted by Crippen LogP contribution is -2.35. The highest BCUT2D eigenvalue weighted by Crippen LogP contribution is 2.24. The molecule has 9 heteroatoms. The van der Waals surface area contributed by atoms with Gasteiger partial charge in [-0.25, -0.2) is 0 Å². The molecule has 0 spiro atoms. The van der Waals surface area contributed by atoms with E-state index in [2.05, 4.69) is 5.32 Å². The van der Waals surface area contributed by atoms with Crippen LogP contribution in [0.4, 0.5) is 11.4 Å². The Bertz CT molecular complexity index is 560. The van der Waals surface area contributed by atoms with E-state index in [1.165, 1.54) is 12.1 Å². The van der Waals surface area contributed by atoms with Crippen molar-refractivity contribution in [2.24, 2.45) is 0 Å². The van der Waals surface area contributed by atoms with Crippen molar-refractivity contribution in [3.63, 3.8) is 0 Å². The van der Waals surface area contributed by atoms with Gasteiger partial charge >= 0.3 is 5.97 Å². The van der Waals surface area contributed by atoms with Gasteiger partial charge < -0.3 is 10.1 Å². The van der Waals surface area contributed by atoms with Crippen molar-refractivity contribution in [3.05, 3.63) is 44.0 Å². The topological polar surface area (TPSA) is 125 Å². The van der Waals surface area contributed by atoms with Crippen LogP contribution in [-0.4, -0.2) is 28.5 Å². The van der Waals surface area contributed by atoms with E-state index < -0.39 is 21.9 Å². The second-order valence-corrected chi connectivity index (χ2v) is 4.18. The third-order valence-corrected chi connectivity index (χ3v) is 2.72. The highest BCUT2D eigenvalue weighted by atomic mass is 16.6. The molecule has 0 heterocycles. The van der Waals surface area contributed by atoms with E-state index in [1.54, 1.807) is 13.8 Å². The highest BCUT2D eigenvalue weighted by molar-refractivity contribution is 5.75. The Hall–Kier alpha value is -2.55. The van der Waals surface area contributed by atoms with Crippen LogP contribution in [0.1, 0.15) is 19.4 Å². The summed E-state index contributed by atoms with van der Waals surface area (Å²) in [5, 5.41) is 24.3. The van der Waals surface area contributed by atoms with Crippen LogP contribution < -0.4 is 5.32 Å². The zero-order valence-electron chi connectivity index (χ0n) is 11.6. The minimum absolute atomic E-state index is 0.0221. The number of esters is 1. The predicted octanol–water partition coefficient (Wildman–Crippen LogP) is 1.54. The van der Waals surface area contributed by atoms with Crippen molar-refractivity contribution >= 4 is 17.3 Å². The van der Waals surface area contributed by atoms with Crippen molar-refractivity contribution in [1.82, 2.24) is 5.32 Å². The molecule has 0 radical (unpaired) electrons. The fraction of sp³-hybridized carbons (Fsp3) is 0.417. The molecule has 1 N–H and O–H groups in total. The normalized spacial score (nSPS) is 11.7. The van der Waals surface area contributed by atoms with E-state index in [0.29, 0.717) is 0 Å². The summed E-state index contributed by atoms with van der Waals surface area (Å²) in [6.45, 7) is 3.50. The molecule has 1 aromatic rings. The second kappa shape index (κ2) is 7.29. The number of hydrogen-bond acceptors (Lipinski definition) is 7. The summed E-state index contributed by atoms with van der Waals surface area (Å²) in [6, 6.07) is 2.73. The molecule has 0 aromatic heterocycles. The van der Waals surface area contributed by atoms with E-state index in [0.717, 1.165) is 6.07 Å². The third-order valence-electron chi connectivity index (χ3n) is 2.72. The van der Waals surface area contributed by atoms with Crippen molar-refractivity contribution in [1.29, 1.82) is 0 Å². The van der Waals surface area contributed by atoms with E-state index in [1.807, 2.05) is 0 Å². The molecule has 1 unspecified atom stereocenters. The van der Waals surface area contributed by atoms with E-state index in [9.17, 15) is 25.0 Å². The van der Waals surface area contributed by atoms with Crippen molar-refractivity contribution in [2.75, 3.05) is 6.61 Å². The summed E-state index contributed by atoms with van der Waals surface area (Å²) in [5.74, 6) is -0.470. The SMILES string of the molecule is CCOC(=O)C(C)NCc1ccc([N+](=O)[O-])cc1[N+](=O)[O-]. The molecule has 0 amide bonds. The van der Waals surface area contributed by atoms with Gasteiger partial charge in [-0.2, -0.15) is 0 Å². The molecule has 0 saturated heterocycles. The van der Waals surface area contributed by atoms with Gasteiger partial charge in [-0.1, -0.05) is 0 Å². The molecule has 21 heavy (non-hydrogen) atoms. The Kier molecular flexibility index (Phi) is 5.73. The molecule has 0 aliphatic carbocycles. The first-order chi connectivity index (χ1) is 9.86. The third kappa shape index (κ3) is 4.49. The van der Waals surface area contributed by atoms with Crippen LogP contribution in [0.25, 0.3) is 0 Å². The minimum Gasteiger partial charge on any atom is -0.465 e. The van der Waals surface area contributed by atoms with E-state index in [4.69, 9.17) is 4.74 Å². The van der Waals surface area contributed by atoms with Gasteiger partial charge in [0.25, 0.3) is 11.4 Å². The molecule has 114 valence electrons. The van der Waals surface area contributed by atoms with Crippen molar-refractivity contribution in [2.45, 2.75) is 26.4 Å². The Morgan fingerprint density at radius 3 is 2.52 bits per heavy atom. The van der Waals surface area contributed by atoms with Crippen LogP contribution >= 0.6 is 0 Å². The van der Waals surface area contributed by atoms with Gasteiger partial charge in [0.2, 0.25) is 0 Å². The molecule has 1 atom stereocenters. The van der Waals surface area contributed by atoms with Crippen LogP contribution in [0.2, 0.25) is 0 Å². The molecule has 9 nitrogen and oxygen atoms in total. The maximum Gasteiger partial charge on any atom is 0.322 e. The zero-order chi connectivity index (χ0) is 16.0. The summed E-state index contributed by atoms with van der Waals surface area (Å²) < 4.78 is 4.80. The fourth-order valence-corrected chi connectivity index (χ4v) is 1.60. The number of nitrogens with zero attached hydrogens (tertiary/aromatic N) is 2. The lowest BCUT2D eigenvalue weighted by Gasteiger charge is -2.12. The maximum atomic E-state index is 11.4. The average molecular weight is 297 g/mol.